The predicted molar refractivity (Wildman–Crippen MR) is 114 cm³/mol. The van der Waals surface area contributed by atoms with Crippen LogP contribution in [0.15, 0.2) is 24.5 Å². The van der Waals surface area contributed by atoms with Gasteiger partial charge in [0.05, 0.1) is 11.9 Å². The van der Waals surface area contributed by atoms with Crippen LogP contribution in [0.2, 0.25) is 0 Å². The Hall–Kier alpha value is -2.54. The second-order valence-corrected chi connectivity index (χ2v) is 8.83. The highest BCUT2D eigenvalue weighted by molar-refractivity contribution is 7.19. The van der Waals surface area contributed by atoms with Crippen molar-refractivity contribution < 1.29 is 4.79 Å². The normalized spacial score (nSPS) is 16.2. The molecule has 7 heteroatoms. The van der Waals surface area contributed by atoms with Crippen LogP contribution in [-0.2, 0) is 17.6 Å². The number of fused-ring (bicyclic) bond motifs is 3. The Morgan fingerprint density at radius 2 is 2.21 bits per heavy atom. The van der Waals surface area contributed by atoms with Crippen molar-refractivity contribution in [2.75, 3.05) is 11.9 Å². The third kappa shape index (κ3) is 3.85. The fraction of sp³-hybridized carbons (Fsp3) is 0.429. The fourth-order valence-electron chi connectivity index (χ4n) is 3.63. The number of anilines is 1. The van der Waals surface area contributed by atoms with Crippen LogP contribution < -0.4 is 10.6 Å². The van der Waals surface area contributed by atoms with Crippen LogP contribution in [0.25, 0.3) is 21.6 Å². The van der Waals surface area contributed by atoms with Crippen molar-refractivity contribution in [3.05, 3.63) is 35.0 Å². The summed E-state index contributed by atoms with van der Waals surface area (Å²) in [5.41, 5.74) is 2.22. The van der Waals surface area contributed by atoms with E-state index < -0.39 is 0 Å². The van der Waals surface area contributed by atoms with Gasteiger partial charge < -0.3 is 10.6 Å². The zero-order valence-electron chi connectivity index (χ0n) is 16.5. The van der Waals surface area contributed by atoms with Crippen LogP contribution in [0, 0.1) is 5.92 Å². The van der Waals surface area contributed by atoms with Crippen molar-refractivity contribution in [1.29, 1.82) is 0 Å². The van der Waals surface area contributed by atoms with Gasteiger partial charge in [0.15, 0.2) is 5.82 Å². The van der Waals surface area contributed by atoms with E-state index in [0.29, 0.717) is 11.7 Å². The number of pyridine rings is 1. The Labute approximate surface area is 168 Å². The molecule has 28 heavy (non-hydrogen) atoms. The molecule has 0 aliphatic heterocycles. The van der Waals surface area contributed by atoms with Gasteiger partial charge >= 0.3 is 0 Å². The molecule has 0 fully saturated rings. The monoisotopic (exact) mass is 395 g/mol. The first-order valence-corrected chi connectivity index (χ1v) is 10.6. The molecule has 0 saturated heterocycles. The average Bonchev–Trinajstić information content (AvgIpc) is 3.03. The Morgan fingerprint density at radius 3 is 2.96 bits per heavy atom. The van der Waals surface area contributed by atoms with Crippen molar-refractivity contribution in [1.82, 2.24) is 20.3 Å². The molecule has 2 N–H and O–H groups in total. The maximum Gasteiger partial charge on any atom is 0.239 e. The van der Waals surface area contributed by atoms with Crippen LogP contribution in [-0.4, -0.2) is 33.4 Å². The lowest BCUT2D eigenvalue weighted by atomic mass is 9.89. The van der Waals surface area contributed by atoms with Crippen LogP contribution in [0.3, 0.4) is 0 Å². The summed E-state index contributed by atoms with van der Waals surface area (Å²) in [6.07, 6.45) is 6.82. The average molecular weight is 396 g/mol. The minimum Gasteiger partial charge on any atom is -0.360 e. The van der Waals surface area contributed by atoms with E-state index in [1.54, 1.807) is 23.7 Å². The summed E-state index contributed by atoms with van der Waals surface area (Å²) in [6, 6.07) is 3.95. The van der Waals surface area contributed by atoms with Crippen molar-refractivity contribution in [3.63, 3.8) is 0 Å². The van der Waals surface area contributed by atoms with E-state index in [1.165, 1.54) is 16.9 Å². The molecular weight excluding hydrogens is 370 g/mol. The second kappa shape index (κ2) is 7.83. The van der Waals surface area contributed by atoms with Crippen LogP contribution in [0.5, 0.6) is 0 Å². The quantitative estimate of drug-likeness (QED) is 0.687. The number of rotatable bonds is 5. The number of hydrogen-bond donors (Lipinski definition) is 2. The lowest BCUT2D eigenvalue weighted by Gasteiger charge is -2.18. The predicted octanol–water partition coefficient (Wildman–Crippen LogP) is 3.81. The number of nitrogens with one attached hydrogen (secondary N) is 2. The van der Waals surface area contributed by atoms with Crippen molar-refractivity contribution in [2.24, 2.45) is 5.92 Å². The van der Waals surface area contributed by atoms with Gasteiger partial charge in [-0.1, -0.05) is 6.92 Å². The number of carbonyl (C=O) groups is 1. The van der Waals surface area contributed by atoms with E-state index in [0.717, 1.165) is 34.4 Å². The van der Waals surface area contributed by atoms with Gasteiger partial charge in [0.25, 0.3) is 0 Å². The molecule has 0 bridgehead atoms. The third-order valence-electron chi connectivity index (χ3n) is 4.94. The lowest BCUT2D eigenvalue weighted by molar-refractivity contribution is -0.119. The zero-order chi connectivity index (χ0) is 19.7. The van der Waals surface area contributed by atoms with Crippen LogP contribution in [0.1, 0.15) is 37.6 Å². The number of aryl methyl sites for hydroxylation is 1. The zero-order valence-corrected chi connectivity index (χ0v) is 17.3. The Kier molecular flexibility index (Phi) is 5.26. The van der Waals surface area contributed by atoms with Crippen LogP contribution >= 0.6 is 11.3 Å². The first kappa shape index (κ1) is 18.8. The molecule has 3 heterocycles. The SMILES string of the molecule is CC(C)NC(=O)CNc1nc(-c2cccnc2)nc2sc3c(c12)CC[C@@H](C)C3. The smallest absolute Gasteiger partial charge is 0.239 e. The van der Waals surface area contributed by atoms with Crippen molar-refractivity contribution in [3.8, 4) is 11.4 Å². The Morgan fingerprint density at radius 1 is 1.36 bits per heavy atom. The molecule has 0 unspecified atom stereocenters. The first-order chi connectivity index (χ1) is 13.5. The maximum atomic E-state index is 12.2. The molecule has 1 aliphatic rings. The molecule has 4 rings (SSSR count). The second-order valence-electron chi connectivity index (χ2n) is 7.75. The Bertz CT molecular complexity index is 999. The van der Waals surface area contributed by atoms with Gasteiger partial charge in [-0.3, -0.25) is 9.78 Å². The molecule has 146 valence electrons. The van der Waals surface area contributed by atoms with Crippen molar-refractivity contribution >= 4 is 33.3 Å². The number of thiophene rings is 1. The number of hydrogen-bond acceptors (Lipinski definition) is 6. The summed E-state index contributed by atoms with van der Waals surface area (Å²) >= 11 is 1.76. The van der Waals surface area contributed by atoms with E-state index >= 15 is 0 Å². The summed E-state index contributed by atoms with van der Waals surface area (Å²) < 4.78 is 0. The summed E-state index contributed by atoms with van der Waals surface area (Å²) in [5, 5.41) is 7.27. The van der Waals surface area contributed by atoms with Gasteiger partial charge in [0, 0.05) is 28.9 Å². The van der Waals surface area contributed by atoms with Gasteiger partial charge in [-0.2, -0.15) is 0 Å². The Balaban J connectivity index is 1.76. The minimum absolute atomic E-state index is 0.0394. The van der Waals surface area contributed by atoms with E-state index in [2.05, 4.69) is 22.5 Å². The number of aromatic nitrogens is 3. The molecule has 0 saturated carbocycles. The minimum atomic E-state index is -0.0394. The molecule has 3 aromatic rings. The molecular formula is C21H25N5OS. The summed E-state index contributed by atoms with van der Waals surface area (Å²) in [6.45, 7) is 6.41. The number of carbonyl (C=O) groups excluding carboxylic acids is 1. The molecule has 0 radical (unpaired) electrons. The van der Waals surface area contributed by atoms with E-state index in [-0.39, 0.29) is 18.5 Å². The highest BCUT2D eigenvalue weighted by Crippen LogP contribution is 2.40. The summed E-state index contributed by atoms with van der Waals surface area (Å²) in [7, 11) is 0. The van der Waals surface area contributed by atoms with E-state index in [1.807, 2.05) is 26.0 Å². The van der Waals surface area contributed by atoms with Crippen molar-refractivity contribution in [2.45, 2.75) is 46.1 Å². The molecule has 0 spiro atoms. The number of nitrogens with zero attached hydrogens (tertiary/aromatic N) is 3. The maximum absolute atomic E-state index is 12.2. The van der Waals surface area contributed by atoms with Gasteiger partial charge in [-0.25, -0.2) is 9.97 Å². The highest BCUT2D eigenvalue weighted by Gasteiger charge is 2.24. The summed E-state index contributed by atoms with van der Waals surface area (Å²) in [5.74, 6) is 2.04. The molecule has 1 atom stereocenters. The lowest BCUT2D eigenvalue weighted by Crippen LogP contribution is -2.35. The third-order valence-corrected chi connectivity index (χ3v) is 6.09. The van der Waals surface area contributed by atoms with Gasteiger partial charge in [-0.05, 0) is 56.7 Å². The molecule has 0 aromatic carbocycles. The molecule has 1 amide bonds. The fourth-order valence-corrected chi connectivity index (χ4v) is 5.01. The summed E-state index contributed by atoms with van der Waals surface area (Å²) in [4.78, 5) is 28.4. The van der Waals surface area contributed by atoms with Crippen LogP contribution in [0.4, 0.5) is 5.82 Å². The number of amides is 1. The molecule has 3 aromatic heterocycles. The largest absolute Gasteiger partial charge is 0.360 e. The molecule has 6 nitrogen and oxygen atoms in total. The van der Waals surface area contributed by atoms with Gasteiger partial charge in [-0.15, -0.1) is 11.3 Å². The first-order valence-electron chi connectivity index (χ1n) is 9.77. The van der Waals surface area contributed by atoms with Gasteiger partial charge in [0.1, 0.15) is 10.6 Å². The molecule has 1 aliphatic carbocycles. The van der Waals surface area contributed by atoms with E-state index in [4.69, 9.17) is 9.97 Å². The van der Waals surface area contributed by atoms with Gasteiger partial charge in [0.2, 0.25) is 5.91 Å². The topological polar surface area (TPSA) is 79.8 Å². The highest BCUT2D eigenvalue weighted by atomic mass is 32.1. The standard InChI is InChI=1S/C21H25N5OS/c1-12(2)24-17(27)11-23-20-18-15-7-6-13(3)9-16(15)28-21(18)26-19(25-20)14-5-4-8-22-10-14/h4-5,8,10,12-13H,6-7,9,11H2,1-3H3,(H,24,27)(H,23,25,26)/t13-/m1/s1. The van der Waals surface area contributed by atoms with E-state index in [9.17, 15) is 4.79 Å².